The van der Waals surface area contributed by atoms with Gasteiger partial charge in [-0.05, 0) is 38.4 Å². The molecule has 4 nitrogen and oxygen atoms in total. The van der Waals surface area contributed by atoms with Gasteiger partial charge in [0.05, 0.1) is 0 Å². The van der Waals surface area contributed by atoms with E-state index in [2.05, 4.69) is 5.32 Å². The van der Waals surface area contributed by atoms with E-state index in [0.29, 0.717) is 6.54 Å². The summed E-state index contributed by atoms with van der Waals surface area (Å²) in [4.78, 5) is 11.5. The van der Waals surface area contributed by atoms with E-state index in [4.69, 9.17) is 10.5 Å². The number of likely N-dealkylation sites (N-methyl/N-ethyl adjacent to an activating group) is 1. The summed E-state index contributed by atoms with van der Waals surface area (Å²) in [5.41, 5.74) is 6.68. The van der Waals surface area contributed by atoms with Gasteiger partial charge in [-0.2, -0.15) is 0 Å². The van der Waals surface area contributed by atoms with Gasteiger partial charge in [-0.15, -0.1) is 0 Å². The molecule has 1 atom stereocenters. The molecule has 0 radical (unpaired) electrons. The minimum Gasteiger partial charge on any atom is -0.491 e. The number of carbonyl (C=O) groups excluding carboxylic acids is 1. The Kier molecular flexibility index (Phi) is 4.73. The van der Waals surface area contributed by atoms with Gasteiger partial charge in [0.25, 0.3) is 0 Å². The molecule has 1 aromatic rings. The van der Waals surface area contributed by atoms with Crippen molar-refractivity contribution in [2.45, 2.75) is 33.2 Å². The zero-order valence-corrected chi connectivity index (χ0v) is 11.5. The molecule has 0 fully saturated rings. The number of primary amides is 1. The molecular weight excluding hydrogens is 228 g/mol. The molecule has 0 heterocycles. The number of nitrogens with two attached hydrogens (primary N) is 1. The lowest BCUT2D eigenvalue weighted by atomic mass is 10.0. The smallest absolute Gasteiger partial charge is 0.240 e. The summed E-state index contributed by atoms with van der Waals surface area (Å²) in [5, 5.41) is 3.07. The fourth-order valence-electron chi connectivity index (χ4n) is 1.84. The van der Waals surface area contributed by atoms with Crippen LogP contribution in [-0.2, 0) is 4.79 Å². The molecule has 0 aliphatic heterocycles. The van der Waals surface area contributed by atoms with Crippen molar-refractivity contribution in [1.29, 1.82) is 0 Å². The predicted molar refractivity (Wildman–Crippen MR) is 72.7 cm³/mol. The van der Waals surface area contributed by atoms with Crippen LogP contribution in [0.1, 0.15) is 25.0 Å². The van der Waals surface area contributed by atoms with Crippen molar-refractivity contribution in [2.75, 3.05) is 13.2 Å². The van der Waals surface area contributed by atoms with E-state index in [1.54, 1.807) is 6.92 Å². The molecule has 18 heavy (non-hydrogen) atoms. The van der Waals surface area contributed by atoms with Gasteiger partial charge in [-0.1, -0.05) is 25.1 Å². The van der Waals surface area contributed by atoms with Crippen molar-refractivity contribution in [1.82, 2.24) is 5.32 Å². The fourth-order valence-corrected chi connectivity index (χ4v) is 1.84. The zero-order valence-electron chi connectivity index (χ0n) is 11.5. The van der Waals surface area contributed by atoms with Crippen LogP contribution < -0.4 is 15.8 Å². The Morgan fingerprint density at radius 2 is 1.94 bits per heavy atom. The van der Waals surface area contributed by atoms with Crippen molar-refractivity contribution < 1.29 is 9.53 Å². The number of amides is 1. The summed E-state index contributed by atoms with van der Waals surface area (Å²) in [6.45, 7) is 8.54. The van der Waals surface area contributed by atoms with Crippen LogP contribution in [0.15, 0.2) is 18.2 Å². The first kappa shape index (κ1) is 14.5. The van der Waals surface area contributed by atoms with Crippen LogP contribution in [0.25, 0.3) is 0 Å². The monoisotopic (exact) mass is 250 g/mol. The average Bonchev–Trinajstić information content (AvgIpc) is 2.28. The minimum absolute atomic E-state index is 0.224. The minimum atomic E-state index is -0.844. The molecular formula is C14H22N2O2. The lowest BCUT2D eigenvalue weighted by molar-refractivity contribution is -0.124. The van der Waals surface area contributed by atoms with Crippen molar-refractivity contribution in [2.24, 2.45) is 5.73 Å². The van der Waals surface area contributed by atoms with E-state index >= 15 is 0 Å². The van der Waals surface area contributed by atoms with Crippen molar-refractivity contribution in [3.63, 3.8) is 0 Å². The maximum Gasteiger partial charge on any atom is 0.240 e. The van der Waals surface area contributed by atoms with Crippen LogP contribution in [0.3, 0.4) is 0 Å². The number of aryl methyl sites for hydroxylation is 2. The summed E-state index contributed by atoms with van der Waals surface area (Å²) in [7, 11) is 0. The number of rotatable bonds is 6. The van der Waals surface area contributed by atoms with E-state index in [1.807, 2.05) is 39.0 Å². The predicted octanol–water partition coefficient (Wildman–Crippen LogP) is 1.54. The van der Waals surface area contributed by atoms with Crippen LogP contribution in [0.4, 0.5) is 0 Å². The Balaban J connectivity index is 2.83. The lowest BCUT2D eigenvalue weighted by Gasteiger charge is -2.27. The number of ether oxygens (including phenoxy) is 1. The highest BCUT2D eigenvalue weighted by molar-refractivity contribution is 5.84. The first-order valence-electron chi connectivity index (χ1n) is 6.14. The Hall–Kier alpha value is -1.55. The summed E-state index contributed by atoms with van der Waals surface area (Å²) in [5.74, 6) is 0.415. The Morgan fingerprint density at radius 1 is 1.39 bits per heavy atom. The van der Waals surface area contributed by atoms with Gasteiger partial charge >= 0.3 is 0 Å². The molecule has 1 rings (SSSR count). The molecule has 0 saturated carbocycles. The SMILES string of the molecule is CCNC(C)(COc1c(C)cccc1C)C(N)=O. The van der Waals surface area contributed by atoms with E-state index < -0.39 is 11.4 Å². The molecule has 1 amide bonds. The molecule has 3 N–H and O–H groups in total. The van der Waals surface area contributed by atoms with Gasteiger partial charge in [-0.25, -0.2) is 0 Å². The maximum absolute atomic E-state index is 11.5. The molecule has 0 aliphatic rings. The van der Waals surface area contributed by atoms with Gasteiger partial charge in [0.15, 0.2) is 0 Å². The summed E-state index contributed by atoms with van der Waals surface area (Å²) < 4.78 is 5.78. The van der Waals surface area contributed by atoms with Gasteiger partial charge in [0.2, 0.25) is 5.91 Å². The number of carbonyl (C=O) groups is 1. The maximum atomic E-state index is 11.5. The largest absolute Gasteiger partial charge is 0.491 e. The second-order valence-corrected chi connectivity index (χ2v) is 4.74. The number of benzene rings is 1. The number of hydrogen-bond acceptors (Lipinski definition) is 3. The Morgan fingerprint density at radius 3 is 2.39 bits per heavy atom. The standard InChI is InChI=1S/C14H22N2O2/c1-5-16-14(4,13(15)17)9-18-12-10(2)7-6-8-11(12)3/h6-8,16H,5,9H2,1-4H3,(H2,15,17). The second kappa shape index (κ2) is 5.87. The van der Waals surface area contributed by atoms with Gasteiger partial charge in [0.1, 0.15) is 17.9 Å². The summed E-state index contributed by atoms with van der Waals surface area (Å²) in [6.07, 6.45) is 0. The van der Waals surface area contributed by atoms with E-state index in [9.17, 15) is 4.79 Å². The molecule has 4 heteroatoms. The number of nitrogens with one attached hydrogen (secondary N) is 1. The zero-order chi connectivity index (χ0) is 13.8. The quantitative estimate of drug-likeness (QED) is 0.805. The molecule has 0 spiro atoms. The first-order chi connectivity index (χ1) is 8.40. The molecule has 100 valence electrons. The Bertz CT molecular complexity index is 412. The third kappa shape index (κ3) is 3.23. The van der Waals surface area contributed by atoms with E-state index in [0.717, 1.165) is 16.9 Å². The van der Waals surface area contributed by atoms with Crippen LogP contribution in [-0.4, -0.2) is 24.6 Å². The molecule has 1 unspecified atom stereocenters. The van der Waals surface area contributed by atoms with Gasteiger partial charge in [0, 0.05) is 0 Å². The van der Waals surface area contributed by atoms with E-state index in [1.165, 1.54) is 0 Å². The molecule has 0 bridgehead atoms. The summed E-state index contributed by atoms with van der Waals surface area (Å²) in [6, 6.07) is 5.95. The molecule has 0 aliphatic carbocycles. The number of hydrogen-bond donors (Lipinski definition) is 2. The third-order valence-corrected chi connectivity index (χ3v) is 3.02. The van der Waals surface area contributed by atoms with Crippen LogP contribution in [0.5, 0.6) is 5.75 Å². The second-order valence-electron chi connectivity index (χ2n) is 4.74. The van der Waals surface area contributed by atoms with Crippen LogP contribution in [0, 0.1) is 13.8 Å². The van der Waals surface area contributed by atoms with Crippen molar-refractivity contribution in [3.05, 3.63) is 29.3 Å². The first-order valence-corrected chi connectivity index (χ1v) is 6.14. The van der Waals surface area contributed by atoms with Crippen LogP contribution in [0.2, 0.25) is 0 Å². The number of para-hydroxylation sites is 1. The topological polar surface area (TPSA) is 64.3 Å². The van der Waals surface area contributed by atoms with Gasteiger partial charge in [-0.3, -0.25) is 4.79 Å². The molecule has 0 aromatic heterocycles. The fraction of sp³-hybridized carbons (Fsp3) is 0.500. The Labute approximate surface area is 109 Å². The highest BCUT2D eigenvalue weighted by Crippen LogP contribution is 2.23. The average molecular weight is 250 g/mol. The van der Waals surface area contributed by atoms with Crippen molar-refractivity contribution >= 4 is 5.91 Å². The normalized spacial score (nSPS) is 14.0. The molecule has 0 saturated heterocycles. The third-order valence-electron chi connectivity index (χ3n) is 3.02. The highest BCUT2D eigenvalue weighted by atomic mass is 16.5. The van der Waals surface area contributed by atoms with E-state index in [-0.39, 0.29) is 6.61 Å². The van der Waals surface area contributed by atoms with Gasteiger partial charge < -0.3 is 15.8 Å². The highest BCUT2D eigenvalue weighted by Gasteiger charge is 2.31. The van der Waals surface area contributed by atoms with Crippen LogP contribution >= 0.6 is 0 Å². The lowest BCUT2D eigenvalue weighted by Crippen LogP contribution is -2.57. The molecule has 1 aromatic carbocycles. The van der Waals surface area contributed by atoms with Crippen molar-refractivity contribution in [3.8, 4) is 5.75 Å². The summed E-state index contributed by atoms with van der Waals surface area (Å²) >= 11 is 0.